The van der Waals surface area contributed by atoms with Crippen LogP contribution in [-0.2, 0) is 12.3 Å². The summed E-state index contributed by atoms with van der Waals surface area (Å²) in [7, 11) is 0. The lowest BCUT2D eigenvalue weighted by Gasteiger charge is -2.05. The van der Waals surface area contributed by atoms with Gasteiger partial charge >= 0.3 is 0 Å². The number of carbonyl (C=O) groups is 1. The maximum absolute atomic E-state index is 12.0. The van der Waals surface area contributed by atoms with E-state index in [1.807, 2.05) is 42.7 Å². The van der Waals surface area contributed by atoms with Gasteiger partial charge in [0.2, 0.25) is 0 Å². The Morgan fingerprint density at radius 1 is 1.33 bits per heavy atom. The summed E-state index contributed by atoms with van der Waals surface area (Å²) in [6.07, 6.45) is 5.78. The fraction of sp³-hybridized carbons (Fsp3) is 0.214. The van der Waals surface area contributed by atoms with E-state index in [0.717, 1.165) is 16.9 Å². The highest BCUT2D eigenvalue weighted by molar-refractivity contribution is 7.97. The molecule has 0 fully saturated rings. The molecule has 0 atom stereocenters. The Morgan fingerprint density at radius 3 is 2.94 bits per heavy atom. The normalized spacial score (nSPS) is 10.3. The van der Waals surface area contributed by atoms with Crippen molar-refractivity contribution in [2.24, 2.45) is 0 Å². The van der Waals surface area contributed by atoms with Gasteiger partial charge in [-0.2, -0.15) is 11.8 Å². The summed E-state index contributed by atoms with van der Waals surface area (Å²) >= 11 is 1.75. The van der Waals surface area contributed by atoms with Crippen LogP contribution in [0.3, 0.4) is 0 Å². The summed E-state index contributed by atoms with van der Waals surface area (Å²) in [4.78, 5) is 14.9. The smallest absolute Gasteiger partial charge is 0.251 e. The number of H-pyrrole nitrogens is 1. The maximum atomic E-state index is 12.0. The predicted octanol–water partition coefficient (Wildman–Crippen LogP) is 2.81. The van der Waals surface area contributed by atoms with Gasteiger partial charge in [0.1, 0.15) is 0 Å². The number of rotatable bonds is 5. The van der Waals surface area contributed by atoms with Crippen molar-refractivity contribution >= 4 is 17.7 Å². The number of nitrogens with one attached hydrogen (secondary N) is 2. The van der Waals surface area contributed by atoms with Crippen LogP contribution in [-0.4, -0.2) is 17.1 Å². The summed E-state index contributed by atoms with van der Waals surface area (Å²) in [6, 6.07) is 9.71. The molecule has 0 aliphatic carbocycles. The molecule has 1 aromatic carbocycles. The van der Waals surface area contributed by atoms with Crippen molar-refractivity contribution in [3.05, 3.63) is 59.4 Å². The van der Waals surface area contributed by atoms with Crippen LogP contribution in [0.5, 0.6) is 0 Å². The van der Waals surface area contributed by atoms with Gasteiger partial charge in [-0.15, -0.1) is 0 Å². The Balaban J connectivity index is 1.97. The average Bonchev–Trinajstić information content (AvgIpc) is 2.90. The number of carbonyl (C=O) groups excluding carboxylic acids is 1. The van der Waals surface area contributed by atoms with Gasteiger partial charge in [-0.25, -0.2) is 0 Å². The zero-order valence-electron chi connectivity index (χ0n) is 10.3. The highest BCUT2D eigenvalue weighted by atomic mass is 32.2. The third-order valence-corrected chi connectivity index (χ3v) is 3.24. The molecule has 4 heteroatoms. The standard InChI is InChI=1S/C14H16N2OS/c1-18-10-11-3-2-4-13(7-11)14(17)16-9-12-5-6-15-8-12/h2-8,15H,9-10H2,1H3,(H,16,17). The molecule has 1 heterocycles. The largest absolute Gasteiger partial charge is 0.367 e. The summed E-state index contributed by atoms with van der Waals surface area (Å²) in [5, 5.41) is 2.90. The molecule has 94 valence electrons. The van der Waals surface area contributed by atoms with Crippen molar-refractivity contribution in [3.63, 3.8) is 0 Å². The second-order valence-electron chi connectivity index (χ2n) is 4.04. The quantitative estimate of drug-likeness (QED) is 0.868. The molecule has 0 saturated carbocycles. The van der Waals surface area contributed by atoms with E-state index < -0.39 is 0 Å². The molecule has 3 nitrogen and oxygen atoms in total. The molecule has 2 N–H and O–H groups in total. The Morgan fingerprint density at radius 2 is 2.22 bits per heavy atom. The van der Waals surface area contributed by atoms with E-state index in [1.54, 1.807) is 11.8 Å². The van der Waals surface area contributed by atoms with E-state index >= 15 is 0 Å². The number of benzene rings is 1. The molecule has 0 radical (unpaired) electrons. The van der Waals surface area contributed by atoms with Crippen LogP contribution < -0.4 is 5.32 Å². The molecule has 0 unspecified atom stereocenters. The monoisotopic (exact) mass is 260 g/mol. The fourth-order valence-corrected chi connectivity index (χ4v) is 2.23. The molecule has 1 amide bonds. The molecule has 0 saturated heterocycles. The number of hydrogen-bond donors (Lipinski definition) is 2. The van der Waals surface area contributed by atoms with Crippen molar-refractivity contribution in [1.82, 2.24) is 10.3 Å². The van der Waals surface area contributed by atoms with E-state index in [-0.39, 0.29) is 5.91 Å². The van der Waals surface area contributed by atoms with Crippen LogP contribution in [0.1, 0.15) is 21.5 Å². The van der Waals surface area contributed by atoms with Gasteiger partial charge in [0, 0.05) is 30.3 Å². The first-order valence-electron chi connectivity index (χ1n) is 5.77. The molecule has 0 aliphatic heterocycles. The number of aromatic amines is 1. The van der Waals surface area contributed by atoms with Gasteiger partial charge in [0.05, 0.1) is 0 Å². The first-order chi connectivity index (χ1) is 8.79. The first kappa shape index (κ1) is 12.8. The zero-order chi connectivity index (χ0) is 12.8. The molecular formula is C14H16N2OS. The summed E-state index contributed by atoms with van der Waals surface area (Å²) in [5.74, 6) is 0.901. The van der Waals surface area contributed by atoms with E-state index in [9.17, 15) is 4.79 Å². The summed E-state index contributed by atoms with van der Waals surface area (Å²) in [6.45, 7) is 0.551. The van der Waals surface area contributed by atoms with Gasteiger partial charge in [0.15, 0.2) is 0 Å². The molecule has 0 aliphatic rings. The minimum atomic E-state index is -0.0286. The number of hydrogen-bond acceptors (Lipinski definition) is 2. The molecule has 1 aromatic heterocycles. The number of aromatic nitrogens is 1. The van der Waals surface area contributed by atoms with Crippen LogP contribution >= 0.6 is 11.8 Å². The van der Waals surface area contributed by atoms with Crippen LogP contribution in [0.25, 0.3) is 0 Å². The molecule has 0 bridgehead atoms. The van der Waals surface area contributed by atoms with Crippen molar-refractivity contribution < 1.29 is 4.79 Å². The van der Waals surface area contributed by atoms with Crippen LogP contribution in [0.15, 0.2) is 42.7 Å². The minimum absolute atomic E-state index is 0.0286. The fourth-order valence-electron chi connectivity index (χ4n) is 1.72. The van der Waals surface area contributed by atoms with Crippen molar-refractivity contribution in [1.29, 1.82) is 0 Å². The van der Waals surface area contributed by atoms with Gasteiger partial charge in [-0.1, -0.05) is 12.1 Å². The Kier molecular flexibility index (Phi) is 4.47. The lowest BCUT2D eigenvalue weighted by Crippen LogP contribution is -2.22. The second-order valence-corrected chi connectivity index (χ2v) is 4.90. The van der Waals surface area contributed by atoms with Crippen molar-refractivity contribution in [2.75, 3.05) is 6.26 Å². The van der Waals surface area contributed by atoms with Crippen LogP contribution in [0.4, 0.5) is 0 Å². The predicted molar refractivity (Wildman–Crippen MR) is 75.6 cm³/mol. The Bertz CT molecular complexity index is 508. The minimum Gasteiger partial charge on any atom is -0.367 e. The van der Waals surface area contributed by atoms with Gasteiger partial charge < -0.3 is 10.3 Å². The van der Waals surface area contributed by atoms with E-state index in [0.29, 0.717) is 6.54 Å². The Hall–Kier alpha value is -1.68. The maximum Gasteiger partial charge on any atom is 0.251 e. The SMILES string of the molecule is CSCc1cccc(C(=O)NCc2cc[nH]c2)c1. The lowest BCUT2D eigenvalue weighted by molar-refractivity contribution is 0.0951. The average molecular weight is 260 g/mol. The topological polar surface area (TPSA) is 44.9 Å². The van der Waals surface area contributed by atoms with Crippen LogP contribution in [0, 0.1) is 0 Å². The molecule has 2 rings (SSSR count). The van der Waals surface area contributed by atoms with E-state index in [1.165, 1.54) is 5.56 Å². The van der Waals surface area contributed by atoms with Gasteiger partial charge in [0.25, 0.3) is 5.91 Å². The number of amides is 1. The zero-order valence-corrected chi connectivity index (χ0v) is 11.1. The third kappa shape index (κ3) is 3.40. The second kappa shape index (κ2) is 6.31. The molecular weight excluding hydrogens is 244 g/mol. The summed E-state index contributed by atoms with van der Waals surface area (Å²) < 4.78 is 0. The molecule has 18 heavy (non-hydrogen) atoms. The highest BCUT2D eigenvalue weighted by Gasteiger charge is 2.05. The van der Waals surface area contributed by atoms with E-state index in [2.05, 4.69) is 16.6 Å². The van der Waals surface area contributed by atoms with Gasteiger partial charge in [-0.3, -0.25) is 4.79 Å². The highest BCUT2D eigenvalue weighted by Crippen LogP contribution is 2.11. The number of thioether (sulfide) groups is 1. The molecule has 0 spiro atoms. The lowest BCUT2D eigenvalue weighted by atomic mass is 10.1. The summed E-state index contributed by atoms with van der Waals surface area (Å²) in [5.41, 5.74) is 2.97. The van der Waals surface area contributed by atoms with Gasteiger partial charge in [-0.05, 0) is 35.6 Å². The van der Waals surface area contributed by atoms with Crippen LogP contribution in [0.2, 0.25) is 0 Å². The first-order valence-corrected chi connectivity index (χ1v) is 7.16. The van der Waals surface area contributed by atoms with Crippen molar-refractivity contribution in [2.45, 2.75) is 12.3 Å². The third-order valence-electron chi connectivity index (χ3n) is 2.62. The molecule has 2 aromatic rings. The van der Waals surface area contributed by atoms with E-state index in [4.69, 9.17) is 0 Å². The van der Waals surface area contributed by atoms with Crippen molar-refractivity contribution in [3.8, 4) is 0 Å². The Labute approximate surface area is 111 Å².